The maximum Gasteiger partial charge on any atom is 0.156 e. The number of anilines is 2. The van der Waals surface area contributed by atoms with E-state index in [1.165, 1.54) is 5.57 Å². The largest absolute Gasteiger partial charge is 0.377 e. The maximum atomic E-state index is 6.62. The van der Waals surface area contributed by atoms with Crippen molar-refractivity contribution in [1.29, 1.82) is 0 Å². The van der Waals surface area contributed by atoms with Crippen LogP contribution in [-0.2, 0) is 4.74 Å². The first-order chi connectivity index (χ1) is 26.2. The lowest BCUT2D eigenvalue weighted by molar-refractivity contribution is 0.161. The number of benzene rings is 2. The molecule has 9 rings (SSSR count). The number of aromatic nitrogens is 6. The lowest BCUT2D eigenvalue weighted by Gasteiger charge is -2.33. The lowest BCUT2D eigenvalue weighted by Crippen LogP contribution is -2.45. The van der Waals surface area contributed by atoms with Gasteiger partial charge in [0, 0.05) is 84.8 Å². The van der Waals surface area contributed by atoms with Crippen LogP contribution in [0, 0.1) is 13.8 Å². The van der Waals surface area contributed by atoms with E-state index < -0.39 is 0 Å². The standard InChI is InChI=1S/C23H26ClN5O.C18H20ClN5/c1-15-25-21-19(16-7-13-30-14-8-16)20(17-5-3-4-6-18(17)24)27-22(21)23(26-15)29-11-9-28(2)10-12-29;1-12-20-17-14(18(21-12)24-9-7-23(2)8-10-24)11-16(22-17)13-5-3-4-6-15(13)19/h3-7,27H,8-14H2,1-2H3;3-6,11H,7-10H2,1-2H3,(H,20,21,22). The number of nitrogens with zero attached hydrogens (tertiary/aromatic N) is 8. The molecule has 0 atom stereocenters. The molecule has 54 heavy (non-hydrogen) atoms. The van der Waals surface area contributed by atoms with Crippen molar-refractivity contribution in [2.45, 2.75) is 20.3 Å². The molecule has 2 aromatic carbocycles. The molecule has 7 heterocycles. The maximum absolute atomic E-state index is 6.62. The zero-order valence-electron chi connectivity index (χ0n) is 31.3. The third kappa shape index (κ3) is 7.43. The second kappa shape index (κ2) is 15.7. The predicted octanol–water partition coefficient (Wildman–Crippen LogP) is 7.48. The molecule has 0 spiro atoms. The number of piperazine rings is 2. The number of fused-ring (bicyclic) bond motifs is 2. The van der Waals surface area contributed by atoms with Crippen LogP contribution in [0.2, 0.25) is 10.0 Å². The van der Waals surface area contributed by atoms with E-state index in [-0.39, 0.29) is 0 Å². The van der Waals surface area contributed by atoms with Crippen molar-refractivity contribution in [2.75, 3.05) is 89.5 Å². The van der Waals surface area contributed by atoms with Gasteiger partial charge >= 0.3 is 0 Å². The van der Waals surface area contributed by atoms with Crippen LogP contribution < -0.4 is 9.80 Å². The highest BCUT2D eigenvalue weighted by atomic mass is 35.5. The molecule has 0 unspecified atom stereocenters. The molecule has 4 aromatic heterocycles. The second-order valence-corrected chi connectivity index (χ2v) is 15.1. The summed E-state index contributed by atoms with van der Waals surface area (Å²) in [6.07, 6.45) is 3.02. The van der Waals surface area contributed by atoms with Crippen molar-refractivity contribution in [2.24, 2.45) is 0 Å². The van der Waals surface area contributed by atoms with E-state index in [0.717, 1.165) is 149 Å². The van der Waals surface area contributed by atoms with Gasteiger partial charge in [0.25, 0.3) is 0 Å². The molecule has 0 bridgehead atoms. The van der Waals surface area contributed by atoms with Gasteiger partial charge in [0.05, 0.1) is 24.3 Å². The molecule has 0 radical (unpaired) electrons. The Labute approximate surface area is 326 Å². The van der Waals surface area contributed by atoms with Gasteiger partial charge in [-0.3, -0.25) is 0 Å². The summed E-state index contributed by atoms with van der Waals surface area (Å²) in [7, 11) is 4.32. The fraction of sp³-hybridized carbons (Fsp3) is 0.366. The number of ether oxygens (including phenoxy) is 1. The molecule has 0 amide bonds. The van der Waals surface area contributed by atoms with Crippen LogP contribution in [0.15, 0.2) is 60.7 Å². The topological polar surface area (TPSA) is 105 Å². The van der Waals surface area contributed by atoms with Gasteiger partial charge in [-0.05, 0) is 58.1 Å². The summed E-state index contributed by atoms with van der Waals surface area (Å²) in [4.78, 5) is 35.5. The molecule has 11 nitrogen and oxygen atoms in total. The molecule has 2 saturated heterocycles. The summed E-state index contributed by atoms with van der Waals surface area (Å²) in [6, 6.07) is 17.9. The number of aryl methyl sites for hydroxylation is 2. The Hall–Kier alpha value is -4.52. The Kier molecular flexibility index (Phi) is 10.6. The van der Waals surface area contributed by atoms with Gasteiger partial charge in [-0.2, -0.15) is 0 Å². The molecule has 3 aliphatic heterocycles. The molecule has 13 heteroatoms. The number of hydrogen-bond acceptors (Lipinski definition) is 9. The van der Waals surface area contributed by atoms with Crippen molar-refractivity contribution in [3.05, 3.63) is 87.9 Å². The number of halogens is 2. The van der Waals surface area contributed by atoms with Crippen LogP contribution in [0.5, 0.6) is 0 Å². The highest BCUT2D eigenvalue weighted by molar-refractivity contribution is 6.33. The second-order valence-electron chi connectivity index (χ2n) is 14.3. The van der Waals surface area contributed by atoms with Crippen LogP contribution in [0.25, 0.3) is 50.2 Å². The number of likely N-dealkylation sites (N-methyl/N-ethyl adjacent to an activating group) is 2. The normalized spacial score (nSPS) is 17.2. The number of nitrogens with one attached hydrogen (secondary N) is 2. The summed E-state index contributed by atoms with van der Waals surface area (Å²) < 4.78 is 5.57. The van der Waals surface area contributed by atoms with E-state index in [1.807, 2.05) is 56.3 Å². The van der Waals surface area contributed by atoms with E-state index in [0.29, 0.717) is 6.61 Å². The van der Waals surface area contributed by atoms with Crippen molar-refractivity contribution in [1.82, 2.24) is 39.7 Å². The van der Waals surface area contributed by atoms with E-state index in [4.69, 9.17) is 42.9 Å². The first-order valence-electron chi connectivity index (χ1n) is 18.6. The third-order valence-corrected chi connectivity index (χ3v) is 11.2. The van der Waals surface area contributed by atoms with Crippen molar-refractivity contribution in [3.8, 4) is 22.5 Å². The first kappa shape index (κ1) is 36.5. The predicted molar refractivity (Wildman–Crippen MR) is 221 cm³/mol. The summed E-state index contributed by atoms with van der Waals surface area (Å²) in [5.41, 5.74) is 9.17. The molecule has 2 fully saturated rings. The van der Waals surface area contributed by atoms with Crippen LogP contribution >= 0.6 is 23.2 Å². The quantitative estimate of drug-likeness (QED) is 0.185. The van der Waals surface area contributed by atoms with Crippen LogP contribution in [-0.4, -0.2) is 119 Å². The number of rotatable bonds is 5. The van der Waals surface area contributed by atoms with Gasteiger partial charge in [-0.1, -0.05) is 65.7 Å². The number of H-pyrrole nitrogens is 2. The molecular weight excluding hydrogens is 719 g/mol. The zero-order valence-corrected chi connectivity index (χ0v) is 32.8. The minimum absolute atomic E-state index is 0.624. The Balaban J connectivity index is 0.000000157. The van der Waals surface area contributed by atoms with Crippen molar-refractivity contribution in [3.63, 3.8) is 0 Å². The van der Waals surface area contributed by atoms with E-state index in [2.05, 4.69) is 66.9 Å². The summed E-state index contributed by atoms with van der Waals surface area (Å²) in [6.45, 7) is 13.3. The van der Waals surface area contributed by atoms with E-state index in [9.17, 15) is 0 Å². The minimum atomic E-state index is 0.624. The fourth-order valence-corrected chi connectivity index (χ4v) is 7.99. The van der Waals surface area contributed by atoms with Gasteiger partial charge in [0.2, 0.25) is 0 Å². The SMILES string of the molecule is Cc1nc(N2CCN(C)CC2)c2[nH]c(-c3ccccc3Cl)c(C3=CCOCC3)c2n1.Cc1nc(N2CCN(C)CC2)c2cc(-c3ccccc3Cl)[nH]c2n1. The lowest BCUT2D eigenvalue weighted by atomic mass is 9.97. The minimum Gasteiger partial charge on any atom is -0.377 e. The Morgan fingerprint density at radius 2 is 1.28 bits per heavy atom. The average Bonchev–Trinajstić information content (AvgIpc) is 3.78. The van der Waals surface area contributed by atoms with E-state index in [1.54, 1.807) is 0 Å². The highest BCUT2D eigenvalue weighted by Gasteiger charge is 2.26. The molecular formula is C41H46Cl2N10O. The third-order valence-electron chi connectivity index (χ3n) is 10.5. The summed E-state index contributed by atoms with van der Waals surface area (Å²) in [5.74, 6) is 3.57. The molecule has 0 aliphatic carbocycles. The van der Waals surface area contributed by atoms with Gasteiger partial charge in [0.1, 0.15) is 34.1 Å². The molecule has 6 aromatic rings. The summed E-state index contributed by atoms with van der Waals surface area (Å²) in [5, 5.41) is 2.51. The van der Waals surface area contributed by atoms with Crippen molar-refractivity contribution < 1.29 is 4.74 Å². The zero-order chi connectivity index (χ0) is 37.3. The Bertz CT molecular complexity index is 2320. The molecule has 3 aliphatic rings. The van der Waals surface area contributed by atoms with Crippen LogP contribution in [0.1, 0.15) is 23.6 Å². The van der Waals surface area contributed by atoms with Gasteiger partial charge < -0.3 is 34.3 Å². The summed E-state index contributed by atoms with van der Waals surface area (Å²) >= 11 is 13.0. The van der Waals surface area contributed by atoms with Crippen molar-refractivity contribution >= 4 is 62.5 Å². The Morgan fingerprint density at radius 3 is 1.91 bits per heavy atom. The smallest absolute Gasteiger partial charge is 0.156 e. The number of hydrogen-bond donors (Lipinski definition) is 2. The fourth-order valence-electron chi connectivity index (χ4n) is 7.53. The first-order valence-corrected chi connectivity index (χ1v) is 19.4. The van der Waals surface area contributed by atoms with E-state index >= 15 is 0 Å². The average molecular weight is 766 g/mol. The highest BCUT2D eigenvalue weighted by Crippen LogP contribution is 2.41. The van der Waals surface area contributed by atoms with Gasteiger partial charge in [-0.25, -0.2) is 19.9 Å². The van der Waals surface area contributed by atoms with Crippen LogP contribution in [0.3, 0.4) is 0 Å². The van der Waals surface area contributed by atoms with Gasteiger partial charge in [-0.15, -0.1) is 0 Å². The number of aromatic amines is 2. The Morgan fingerprint density at radius 1 is 0.685 bits per heavy atom. The monoisotopic (exact) mass is 764 g/mol. The van der Waals surface area contributed by atoms with Crippen LogP contribution in [0.4, 0.5) is 11.6 Å². The van der Waals surface area contributed by atoms with Gasteiger partial charge in [0.15, 0.2) is 5.82 Å². The molecule has 2 N–H and O–H groups in total. The molecule has 280 valence electrons. The molecule has 0 saturated carbocycles.